The number of nitrogens with zero attached hydrogens (tertiary/aromatic N) is 8. The Balaban J connectivity index is 1.58. The monoisotopic (exact) mass is 548 g/mol. The molecule has 0 spiro atoms. The number of fused-ring (bicyclic) bond motifs is 2. The topological polar surface area (TPSA) is 110 Å². The second kappa shape index (κ2) is 15.5. The lowest BCUT2D eigenvalue weighted by atomic mass is 10.0. The first kappa shape index (κ1) is 29.7. The standard InChI is InChI=1S/C30H48N10/c1-5-9-11-13-15-17-19-24-25(8-4)35-29-31-21-34-40(29)28(24)38-37-27-23(7-3)26(20-18-16-14-12-10-6-2)36-30-32-22-33-39(27)30/h21-22,37-38H,5-20H2,1-4H3. The van der Waals surface area contributed by atoms with Crippen molar-refractivity contribution in [3.05, 3.63) is 35.2 Å². The van der Waals surface area contributed by atoms with Gasteiger partial charge in [0.2, 0.25) is 0 Å². The Morgan fingerprint density at radius 1 is 0.550 bits per heavy atom. The summed E-state index contributed by atoms with van der Waals surface area (Å²) in [5.41, 5.74) is 11.6. The first-order valence-corrected chi connectivity index (χ1v) is 15.7. The van der Waals surface area contributed by atoms with Gasteiger partial charge in [-0.2, -0.15) is 29.2 Å². The number of hydrogen-bond acceptors (Lipinski definition) is 8. The Kier molecular flexibility index (Phi) is 11.5. The number of aryl methyl sites for hydroxylation is 2. The molecule has 0 fully saturated rings. The predicted molar refractivity (Wildman–Crippen MR) is 162 cm³/mol. The van der Waals surface area contributed by atoms with Crippen LogP contribution in [0.1, 0.15) is 127 Å². The Bertz CT molecular complexity index is 1330. The van der Waals surface area contributed by atoms with E-state index in [1.807, 2.05) is 0 Å². The van der Waals surface area contributed by atoms with Crippen molar-refractivity contribution < 1.29 is 0 Å². The highest BCUT2D eigenvalue weighted by Crippen LogP contribution is 2.26. The number of anilines is 2. The Morgan fingerprint density at radius 3 is 1.60 bits per heavy atom. The van der Waals surface area contributed by atoms with Crippen molar-refractivity contribution in [1.29, 1.82) is 0 Å². The molecule has 0 amide bonds. The first-order valence-electron chi connectivity index (χ1n) is 15.7. The summed E-state index contributed by atoms with van der Waals surface area (Å²) in [5.74, 6) is 2.98. The minimum absolute atomic E-state index is 0.605. The van der Waals surface area contributed by atoms with Gasteiger partial charge in [-0.05, 0) is 38.5 Å². The van der Waals surface area contributed by atoms with E-state index in [4.69, 9.17) is 9.97 Å². The van der Waals surface area contributed by atoms with E-state index < -0.39 is 0 Å². The number of nitrogens with one attached hydrogen (secondary N) is 2. The number of unbranched alkanes of at least 4 members (excludes halogenated alkanes) is 10. The van der Waals surface area contributed by atoms with Gasteiger partial charge >= 0.3 is 0 Å². The van der Waals surface area contributed by atoms with Crippen molar-refractivity contribution in [3.8, 4) is 0 Å². The lowest BCUT2D eigenvalue weighted by Gasteiger charge is -2.20. The van der Waals surface area contributed by atoms with Gasteiger partial charge in [0, 0.05) is 11.1 Å². The van der Waals surface area contributed by atoms with Crippen molar-refractivity contribution in [3.63, 3.8) is 0 Å². The molecule has 4 aromatic heterocycles. The van der Waals surface area contributed by atoms with Gasteiger partial charge in [-0.15, -0.1) is 0 Å². The molecular formula is C30H48N10. The lowest BCUT2D eigenvalue weighted by molar-refractivity contribution is 0.603. The van der Waals surface area contributed by atoms with Gasteiger partial charge < -0.3 is 0 Å². The van der Waals surface area contributed by atoms with Crippen molar-refractivity contribution in [1.82, 2.24) is 39.2 Å². The van der Waals surface area contributed by atoms with Crippen molar-refractivity contribution in [2.45, 2.75) is 130 Å². The van der Waals surface area contributed by atoms with Crippen molar-refractivity contribution >= 4 is 23.2 Å². The van der Waals surface area contributed by atoms with E-state index >= 15 is 0 Å². The van der Waals surface area contributed by atoms with E-state index in [9.17, 15) is 0 Å². The van der Waals surface area contributed by atoms with Crippen LogP contribution in [-0.2, 0) is 25.7 Å². The Morgan fingerprint density at radius 2 is 1.05 bits per heavy atom. The highest BCUT2D eigenvalue weighted by atomic mass is 15.5. The molecule has 2 N–H and O–H groups in total. The van der Waals surface area contributed by atoms with Crippen molar-refractivity contribution in [2.24, 2.45) is 0 Å². The summed E-state index contributed by atoms with van der Waals surface area (Å²) in [5, 5.41) is 9.01. The minimum atomic E-state index is 0.605. The van der Waals surface area contributed by atoms with Crippen LogP contribution in [0, 0.1) is 0 Å². The van der Waals surface area contributed by atoms with Crippen LogP contribution < -0.4 is 10.9 Å². The molecule has 4 rings (SSSR count). The summed E-state index contributed by atoms with van der Waals surface area (Å²) in [7, 11) is 0. The molecule has 0 aliphatic carbocycles. The maximum absolute atomic E-state index is 4.90. The fraction of sp³-hybridized carbons (Fsp3) is 0.667. The lowest BCUT2D eigenvalue weighted by Crippen LogP contribution is -2.21. The minimum Gasteiger partial charge on any atom is -0.282 e. The van der Waals surface area contributed by atoms with Gasteiger partial charge in [0.1, 0.15) is 12.7 Å². The van der Waals surface area contributed by atoms with Gasteiger partial charge in [-0.1, -0.05) is 91.9 Å². The Hall–Kier alpha value is -3.30. The summed E-state index contributed by atoms with van der Waals surface area (Å²) in [6.45, 7) is 8.85. The van der Waals surface area contributed by atoms with Crippen LogP contribution in [-0.4, -0.2) is 39.2 Å². The molecule has 0 aromatic carbocycles. The quantitative estimate of drug-likeness (QED) is 0.0958. The van der Waals surface area contributed by atoms with Crippen LogP contribution in [0.5, 0.6) is 0 Å². The highest BCUT2D eigenvalue weighted by Gasteiger charge is 2.19. The summed E-state index contributed by atoms with van der Waals surface area (Å²) in [6.07, 6.45) is 21.8. The number of rotatable bonds is 19. The average molecular weight is 549 g/mol. The average Bonchev–Trinajstić information content (AvgIpc) is 3.64. The molecule has 0 saturated carbocycles. The highest BCUT2D eigenvalue weighted by molar-refractivity contribution is 5.60. The molecule has 0 radical (unpaired) electrons. The molecule has 0 bridgehead atoms. The molecule has 40 heavy (non-hydrogen) atoms. The molecule has 4 heterocycles. The third-order valence-corrected chi connectivity index (χ3v) is 7.76. The van der Waals surface area contributed by atoms with Gasteiger partial charge in [0.25, 0.3) is 11.6 Å². The first-order chi connectivity index (χ1) is 19.7. The zero-order valence-electron chi connectivity index (χ0n) is 25.0. The fourth-order valence-corrected chi connectivity index (χ4v) is 5.51. The summed E-state index contributed by atoms with van der Waals surface area (Å²) in [6, 6.07) is 0. The molecule has 10 heteroatoms. The van der Waals surface area contributed by atoms with Crippen LogP contribution >= 0.6 is 0 Å². The summed E-state index contributed by atoms with van der Waals surface area (Å²) < 4.78 is 3.60. The van der Waals surface area contributed by atoms with Gasteiger partial charge in [0.05, 0.1) is 11.4 Å². The molecular weight excluding hydrogens is 500 g/mol. The SMILES string of the molecule is CCCCCCCCc1nc2ncnn2c(NNc2c(CCCCCCCC)c(CC)nc3ncnn23)c1CC. The maximum atomic E-state index is 4.90. The zero-order valence-corrected chi connectivity index (χ0v) is 25.0. The van der Waals surface area contributed by atoms with E-state index in [1.165, 1.54) is 69.8 Å². The second-order valence-electron chi connectivity index (χ2n) is 10.7. The molecule has 10 nitrogen and oxygen atoms in total. The van der Waals surface area contributed by atoms with Crippen LogP contribution in [0.25, 0.3) is 11.6 Å². The predicted octanol–water partition coefficient (Wildman–Crippen LogP) is 6.93. The van der Waals surface area contributed by atoms with E-state index in [1.54, 1.807) is 21.7 Å². The smallest absolute Gasteiger partial charge is 0.254 e. The van der Waals surface area contributed by atoms with E-state index in [-0.39, 0.29) is 0 Å². The molecule has 218 valence electrons. The van der Waals surface area contributed by atoms with Crippen LogP contribution in [0.3, 0.4) is 0 Å². The van der Waals surface area contributed by atoms with E-state index in [0.29, 0.717) is 11.6 Å². The number of hydrogen-bond donors (Lipinski definition) is 2. The van der Waals surface area contributed by atoms with Crippen LogP contribution in [0.15, 0.2) is 12.7 Å². The molecule has 0 atom stereocenters. The summed E-state index contributed by atoms with van der Waals surface area (Å²) in [4.78, 5) is 18.6. The van der Waals surface area contributed by atoms with Crippen LogP contribution in [0.4, 0.5) is 11.6 Å². The zero-order chi connectivity index (χ0) is 28.2. The fourth-order valence-electron chi connectivity index (χ4n) is 5.51. The van der Waals surface area contributed by atoms with Gasteiger partial charge in [0.15, 0.2) is 11.6 Å². The molecule has 0 aliphatic heterocycles. The third kappa shape index (κ3) is 7.26. The normalized spacial score (nSPS) is 11.6. The maximum Gasteiger partial charge on any atom is 0.254 e. The molecule has 0 aliphatic rings. The third-order valence-electron chi connectivity index (χ3n) is 7.76. The van der Waals surface area contributed by atoms with E-state index in [2.05, 4.69) is 58.7 Å². The number of aromatic nitrogens is 8. The Labute approximate surface area is 238 Å². The van der Waals surface area contributed by atoms with Crippen molar-refractivity contribution in [2.75, 3.05) is 10.9 Å². The summed E-state index contributed by atoms with van der Waals surface area (Å²) >= 11 is 0. The molecule has 4 aromatic rings. The van der Waals surface area contributed by atoms with Gasteiger partial charge in [-0.25, -0.2) is 9.97 Å². The largest absolute Gasteiger partial charge is 0.282 e. The van der Waals surface area contributed by atoms with E-state index in [0.717, 1.165) is 67.1 Å². The van der Waals surface area contributed by atoms with Gasteiger partial charge in [-0.3, -0.25) is 10.9 Å². The number of hydrazine groups is 1. The molecule has 0 unspecified atom stereocenters. The van der Waals surface area contributed by atoms with Crippen LogP contribution in [0.2, 0.25) is 0 Å². The second-order valence-corrected chi connectivity index (χ2v) is 10.7. The molecule has 0 saturated heterocycles.